The van der Waals surface area contributed by atoms with Crippen LogP contribution in [-0.2, 0) is 0 Å². The van der Waals surface area contributed by atoms with Gasteiger partial charge in [0.15, 0.2) is 0 Å². The van der Waals surface area contributed by atoms with Crippen LogP contribution < -0.4 is 10.6 Å². The fraction of sp³-hybridized carbons (Fsp3) is 0.333. The Morgan fingerprint density at radius 1 is 1.10 bits per heavy atom. The molecule has 4 nitrogen and oxygen atoms in total. The number of rotatable bonds is 3. The normalized spacial score (nSPS) is 16.1. The minimum Gasteiger partial charge on any atom is -0.351 e. The van der Waals surface area contributed by atoms with E-state index >= 15 is 0 Å². The lowest BCUT2D eigenvalue weighted by Gasteiger charge is -2.23. The van der Waals surface area contributed by atoms with Gasteiger partial charge in [-0.3, -0.25) is 0 Å². The maximum absolute atomic E-state index is 5.91. The van der Waals surface area contributed by atoms with Gasteiger partial charge in [-0.05, 0) is 44.1 Å². The first-order chi connectivity index (χ1) is 9.81. The summed E-state index contributed by atoms with van der Waals surface area (Å²) in [5, 5.41) is 7.50. The molecular formula is C15H17ClN4. The lowest BCUT2D eigenvalue weighted by Crippen LogP contribution is -2.35. The van der Waals surface area contributed by atoms with Gasteiger partial charge in [-0.15, -0.1) is 0 Å². The zero-order chi connectivity index (χ0) is 13.8. The molecule has 1 aromatic carbocycles. The summed E-state index contributed by atoms with van der Waals surface area (Å²) in [5.41, 5.74) is 1.96. The molecule has 1 aromatic heterocycles. The van der Waals surface area contributed by atoms with Crippen molar-refractivity contribution < 1.29 is 0 Å². The van der Waals surface area contributed by atoms with Gasteiger partial charge in [-0.1, -0.05) is 23.7 Å². The quantitative estimate of drug-likeness (QED) is 0.912. The molecule has 104 valence electrons. The number of aromatic nitrogens is 2. The average molecular weight is 289 g/mol. The Morgan fingerprint density at radius 2 is 1.85 bits per heavy atom. The summed E-state index contributed by atoms with van der Waals surface area (Å²) < 4.78 is 0. The van der Waals surface area contributed by atoms with Crippen molar-refractivity contribution in [1.82, 2.24) is 15.3 Å². The number of benzene rings is 1. The summed E-state index contributed by atoms with van der Waals surface area (Å²) in [5.74, 6) is 0.698. The highest BCUT2D eigenvalue weighted by Gasteiger charge is 2.13. The fourth-order valence-corrected chi connectivity index (χ4v) is 2.48. The summed E-state index contributed by atoms with van der Waals surface area (Å²) in [7, 11) is 0. The van der Waals surface area contributed by atoms with Crippen LogP contribution in [0.4, 0.5) is 5.95 Å². The van der Waals surface area contributed by atoms with Gasteiger partial charge >= 0.3 is 0 Å². The van der Waals surface area contributed by atoms with Crippen molar-refractivity contribution in [2.24, 2.45) is 0 Å². The first-order valence-electron chi connectivity index (χ1n) is 6.87. The van der Waals surface area contributed by atoms with Gasteiger partial charge in [0.2, 0.25) is 5.95 Å². The van der Waals surface area contributed by atoms with E-state index in [2.05, 4.69) is 20.6 Å². The molecule has 1 saturated heterocycles. The smallest absolute Gasteiger partial charge is 0.223 e. The SMILES string of the molecule is Clc1ccc(-c2ccnc(NC3CCNCC3)n2)cc1. The van der Waals surface area contributed by atoms with Crippen molar-refractivity contribution in [2.75, 3.05) is 18.4 Å². The first-order valence-corrected chi connectivity index (χ1v) is 7.25. The second kappa shape index (κ2) is 6.20. The maximum atomic E-state index is 5.91. The van der Waals surface area contributed by atoms with Crippen molar-refractivity contribution in [3.8, 4) is 11.3 Å². The molecular weight excluding hydrogens is 272 g/mol. The Kier molecular flexibility index (Phi) is 4.14. The van der Waals surface area contributed by atoms with Crippen LogP contribution in [0.15, 0.2) is 36.5 Å². The van der Waals surface area contributed by atoms with E-state index in [1.165, 1.54) is 0 Å². The molecule has 0 saturated carbocycles. The molecule has 20 heavy (non-hydrogen) atoms. The third-order valence-electron chi connectivity index (χ3n) is 3.47. The fourth-order valence-electron chi connectivity index (χ4n) is 2.36. The van der Waals surface area contributed by atoms with E-state index in [0.717, 1.165) is 42.2 Å². The zero-order valence-electron chi connectivity index (χ0n) is 11.1. The van der Waals surface area contributed by atoms with Gasteiger partial charge in [0.25, 0.3) is 0 Å². The number of halogens is 1. The molecule has 2 N–H and O–H groups in total. The molecule has 2 aromatic rings. The molecule has 0 bridgehead atoms. The lowest BCUT2D eigenvalue weighted by molar-refractivity contribution is 0.477. The Balaban J connectivity index is 1.76. The molecule has 0 aliphatic carbocycles. The Hall–Kier alpha value is -1.65. The Bertz CT molecular complexity index is 564. The van der Waals surface area contributed by atoms with Gasteiger partial charge in [0.1, 0.15) is 0 Å². The molecule has 1 fully saturated rings. The standard InChI is InChI=1S/C15H17ClN4/c16-12-3-1-11(2-4-12)14-7-10-18-15(20-14)19-13-5-8-17-9-6-13/h1-4,7,10,13,17H,5-6,8-9H2,(H,18,19,20). The van der Waals surface area contributed by atoms with Crippen LogP contribution in [0.2, 0.25) is 5.02 Å². The van der Waals surface area contributed by atoms with E-state index in [-0.39, 0.29) is 0 Å². The molecule has 1 aliphatic rings. The first kappa shape index (κ1) is 13.3. The molecule has 0 spiro atoms. The molecule has 0 unspecified atom stereocenters. The maximum Gasteiger partial charge on any atom is 0.223 e. The largest absolute Gasteiger partial charge is 0.351 e. The number of nitrogens with zero attached hydrogens (tertiary/aromatic N) is 2. The van der Waals surface area contributed by atoms with E-state index in [0.29, 0.717) is 12.0 Å². The second-order valence-electron chi connectivity index (χ2n) is 4.94. The number of hydrogen-bond acceptors (Lipinski definition) is 4. The molecule has 3 rings (SSSR count). The highest BCUT2D eigenvalue weighted by molar-refractivity contribution is 6.30. The van der Waals surface area contributed by atoms with Crippen LogP contribution >= 0.6 is 11.6 Å². The summed E-state index contributed by atoms with van der Waals surface area (Å²) >= 11 is 5.91. The van der Waals surface area contributed by atoms with Crippen molar-refractivity contribution in [1.29, 1.82) is 0 Å². The summed E-state index contributed by atoms with van der Waals surface area (Å²) in [6, 6.07) is 10.1. The van der Waals surface area contributed by atoms with Crippen LogP contribution in [0.5, 0.6) is 0 Å². The van der Waals surface area contributed by atoms with Crippen LogP contribution in [0.25, 0.3) is 11.3 Å². The number of hydrogen-bond donors (Lipinski definition) is 2. The molecule has 0 radical (unpaired) electrons. The lowest BCUT2D eigenvalue weighted by atomic mass is 10.1. The topological polar surface area (TPSA) is 49.8 Å². The van der Waals surface area contributed by atoms with Crippen molar-refractivity contribution in [2.45, 2.75) is 18.9 Å². The van der Waals surface area contributed by atoms with Gasteiger partial charge < -0.3 is 10.6 Å². The molecule has 5 heteroatoms. The third-order valence-corrected chi connectivity index (χ3v) is 3.72. The predicted molar refractivity (Wildman–Crippen MR) is 82.0 cm³/mol. The summed E-state index contributed by atoms with van der Waals surface area (Å²) in [6.45, 7) is 2.10. The highest BCUT2D eigenvalue weighted by Crippen LogP contribution is 2.20. The van der Waals surface area contributed by atoms with Gasteiger partial charge in [0.05, 0.1) is 5.69 Å². The predicted octanol–water partition coefficient (Wildman–Crippen LogP) is 2.96. The molecule has 2 heterocycles. The van der Waals surface area contributed by atoms with Gasteiger partial charge in [-0.25, -0.2) is 9.97 Å². The average Bonchev–Trinajstić information content (AvgIpc) is 2.49. The van der Waals surface area contributed by atoms with Crippen LogP contribution in [0, 0.1) is 0 Å². The second-order valence-corrected chi connectivity index (χ2v) is 5.38. The number of anilines is 1. The van der Waals surface area contributed by atoms with E-state index in [1.54, 1.807) is 6.20 Å². The minimum absolute atomic E-state index is 0.455. The van der Waals surface area contributed by atoms with Crippen molar-refractivity contribution in [3.63, 3.8) is 0 Å². The van der Waals surface area contributed by atoms with Crippen LogP contribution in [0.3, 0.4) is 0 Å². The zero-order valence-corrected chi connectivity index (χ0v) is 11.9. The van der Waals surface area contributed by atoms with Gasteiger partial charge in [-0.2, -0.15) is 0 Å². The number of nitrogens with one attached hydrogen (secondary N) is 2. The highest BCUT2D eigenvalue weighted by atomic mass is 35.5. The monoisotopic (exact) mass is 288 g/mol. The van der Waals surface area contributed by atoms with Crippen molar-refractivity contribution >= 4 is 17.5 Å². The number of piperidine rings is 1. The summed E-state index contributed by atoms with van der Waals surface area (Å²) in [4.78, 5) is 8.89. The molecule has 0 amide bonds. The van der Waals surface area contributed by atoms with E-state index in [1.807, 2.05) is 30.3 Å². The van der Waals surface area contributed by atoms with Crippen LogP contribution in [0.1, 0.15) is 12.8 Å². The molecule has 1 aliphatic heterocycles. The van der Waals surface area contributed by atoms with Crippen molar-refractivity contribution in [3.05, 3.63) is 41.6 Å². The third kappa shape index (κ3) is 3.26. The van der Waals surface area contributed by atoms with Gasteiger partial charge in [0, 0.05) is 22.8 Å². The van der Waals surface area contributed by atoms with E-state index in [4.69, 9.17) is 11.6 Å². The Morgan fingerprint density at radius 3 is 2.60 bits per heavy atom. The summed E-state index contributed by atoms with van der Waals surface area (Å²) in [6.07, 6.45) is 4.00. The van der Waals surface area contributed by atoms with E-state index < -0.39 is 0 Å². The van der Waals surface area contributed by atoms with Crippen LogP contribution in [-0.4, -0.2) is 29.1 Å². The molecule has 0 atom stereocenters. The van der Waals surface area contributed by atoms with E-state index in [9.17, 15) is 0 Å². The minimum atomic E-state index is 0.455. The Labute approximate surface area is 123 Å².